The van der Waals surface area contributed by atoms with Gasteiger partial charge in [0.1, 0.15) is 5.75 Å². The fourth-order valence-corrected chi connectivity index (χ4v) is 2.90. The second-order valence-electron chi connectivity index (χ2n) is 4.29. The van der Waals surface area contributed by atoms with Crippen LogP contribution in [-0.4, -0.2) is 5.11 Å². The van der Waals surface area contributed by atoms with Gasteiger partial charge < -0.3 is 10.4 Å². The van der Waals surface area contributed by atoms with E-state index >= 15 is 0 Å². The van der Waals surface area contributed by atoms with E-state index < -0.39 is 0 Å². The zero-order chi connectivity index (χ0) is 13.1. The smallest absolute Gasteiger partial charge is 0.121 e. The molecule has 0 radical (unpaired) electrons. The fourth-order valence-electron chi connectivity index (χ4n) is 1.76. The molecule has 0 bridgehead atoms. The van der Waals surface area contributed by atoms with Crippen LogP contribution in [0.4, 0.5) is 0 Å². The number of nitrogens with one attached hydrogen (secondary N) is 1. The minimum Gasteiger partial charge on any atom is -0.508 e. The molecule has 1 atom stereocenters. The van der Waals surface area contributed by atoms with E-state index in [1.807, 2.05) is 0 Å². The van der Waals surface area contributed by atoms with Gasteiger partial charge in [0.15, 0.2) is 0 Å². The first kappa shape index (κ1) is 13.4. The molecule has 1 heterocycles. The summed E-state index contributed by atoms with van der Waals surface area (Å²) in [6.07, 6.45) is 0. The van der Waals surface area contributed by atoms with Gasteiger partial charge in [-0.15, -0.1) is 11.3 Å². The number of aromatic hydroxyl groups is 1. The Hall–Kier alpha value is -1.03. The van der Waals surface area contributed by atoms with Crippen molar-refractivity contribution in [3.8, 4) is 5.75 Å². The lowest BCUT2D eigenvalue weighted by atomic mass is 10.2. The average molecular weight is 282 g/mol. The van der Waals surface area contributed by atoms with E-state index in [4.69, 9.17) is 11.6 Å². The molecule has 96 valence electrons. The summed E-state index contributed by atoms with van der Waals surface area (Å²) in [6.45, 7) is 4.77. The second kappa shape index (κ2) is 5.74. The molecule has 0 saturated carbocycles. The quantitative estimate of drug-likeness (QED) is 0.877. The van der Waals surface area contributed by atoms with Crippen LogP contribution in [0.2, 0.25) is 5.02 Å². The summed E-state index contributed by atoms with van der Waals surface area (Å²) >= 11 is 7.85. The molecule has 2 aromatic rings. The van der Waals surface area contributed by atoms with Gasteiger partial charge in [-0.25, -0.2) is 0 Å². The van der Waals surface area contributed by atoms with Gasteiger partial charge in [0, 0.05) is 32.9 Å². The van der Waals surface area contributed by atoms with Gasteiger partial charge in [-0.3, -0.25) is 0 Å². The summed E-state index contributed by atoms with van der Waals surface area (Å²) in [7, 11) is 0. The fraction of sp³-hybridized carbons (Fsp3) is 0.286. The Bertz CT molecular complexity index is 518. The van der Waals surface area contributed by atoms with E-state index in [0.29, 0.717) is 11.6 Å². The molecular formula is C14H16ClNOS. The summed E-state index contributed by atoms with van der Waals surface area (Å²) in [5, 5.41) is 13.7. The first-order chi connectivity index (χ1) is 8.58. The Balaban J connectivity index is 2.03. The third-order valence-corrected chi connectivity index (χ3v) is 4.40. The maximum Gasteiger partial charge on any atom is 0.121 e. The number of halogens is 1. The van der Waals surface area contributed by atoms with Crippen LogP contribution < -0.4 is 5.32 Å². The van der Waals surface area contributed by atoms with Crippen LogP contribution in [0.3, 0.4) is 0 Å². The Labute approximate surface area is 116 Å². The summed E-state index contributed by atoms with van der Waals surface area (Å²) < 4.78 is 0. The number of aryl methyl sites for hydroxylation is 1. The van der Waals surface area contributed by atoms with Crippen molar-refractivity contribution in [2.24, 2.45) is 0 Å². The second-order valence-corrected chi connectivity index (χ2v) is 6.02. The molecule has 0 spiro atoms. The van der Waals surface area contributed by atoms with Crippen molar-refractivity contribution in [1.29, 1.82) is 0 Å². The highest BCUT2D eigenvalue weighted by molar-refractivity contribution is 7.12. The van der Waals surface area contributed by atoms with Gasteiger partial charge in [0.25, 0.3) is 0 Å². The van der Waals surface area contributed by atoms with Crippen molar-refractivity contribution in [2.45, 2.75) is 26.4 Å². The first-order valence-electron chi connectivity index (χ1n) is 5.84. The number of hydrogen-bond acceptors (Lipinski definition) is 3. The third-order valence-electron chi connectivity index (χ3n) is 2.87. The van der Waals surface area contributed by atoms with Crippen LogP contribution in [0.1, 0.15) is 28.3 Å². The lowest BCUT2D eigenvalue weighted by Gasteiger charge is -2.13. The maximum atomic E-state index is 9.76. The molecule has 0 aliphatic rings. The predicted octanol–water partition coefficient (Wildman–Crippen LogP) is 4.27. The number of phenolic OH excluding ortho intramolecular Hbond substituents is 1. The number of hydrogen-bond donors (Lipinski definition) is 2. The Kier molecular flexibility index (Phi) is 4.27. The van der Waals surface area contributed by atoms with Gasteiger partial charge in [0.2, 0.25) is 0 Å². The molecule has 2 N–H and O–H groups in total. The molecule has 1 unspecified atom stereocenters. The van der Waals surface area contributed by atoms with E-state index in [-0.39, 0.29) is 11.8 Å². The number of thiophene rings is 1. The summed E-state index contributed by atoms with van der Waals surface area (Å²) in [6, 6.07) is 9.68. The standard InChI is InChI=1S/C14H16ClNOS/c1-9-6-7-14(18-9)10(2)16-8-11-12(15)4-3-5-13(11)17/h3-7,10,16-17H,8H2,1-2H3. The van der Waals surface area contributed by atoms with Gasteiger partial charge in [-0.1, -0.05) is 17.7 Å². The van der Waals surface area contributed by atoms with E-state index in [1.165, 1.54) is 9.75 Å². The predicted molar refractivity (Wildman–Crippen MR) is 77.4 cm³/mol. The summed E-state index contributed by atoms with van der Waals surface area (Å²) in [4.78, 5) is 2.60. The molecule has 0 fully saturated rings. The van der Waals surface area contributed by atoms with Crippen LogP contribution in [0.5, 0.6) is 5.75 Å². The van der Waals surface area contributed by atoms with Gasteiger partial charge >= 0.3 is 0 Å². The van der Waals surface area contributed by atoms with E-state index in [1.54, 1.807) is 29.5 Å². The van der Waals surface area contributed by atoms with Crippen LogP contribution in [-0.2, 0) is 6.54 Å². The summed E-state index contributed by atoms with van der Waals surface area (Å²) in [5.41, 5.74) is 0.749. The molecular weight excluding hydrogens is 266 g/mol. The minimum atomic E-state index is 0.240. The minimum absolute atomic E-state index is 0.240. The van der Waals surface area contributed by atoms with Crippen molar-refractivity contribution >= 4 is 22.9 Å². The first-order valence-corrected chi connectivity index (χ1v) is 7.03. The molecule has 2 rings (SSSR count). The highest BCUT2D eigenvalue weighted by Crippen LogP contribution is 2.27. The van der Waals surface area contributed by atoms with Crippen molar-refractivity contribution in [2.75, 3.05) is 0 Å². The third kappa shape index (κ3) is 3.05. The topological polar surface area (TPSA) is 32.3 Å². The van der Waals surface area contributed by atoms with Crippen LogP contribution >= 0.6 is 22.9 Å². The highest BCUT2D eigenvalue weighted by Gasteiger charge is 2.10. The van der Waals surface area contributed by atoms with Gasteiger partial charge in [-0.2, -0.15) is 0 Å². The van der Waals surface area contributed by atoms with E-state index in [9.17, 15) is 5.11 Å². The monoisotopic (exact) mass is 281 g/mol. The van der Waals surface area contributed by atoms with Crippen molar-refractivity contribution in [3.05, 3.63) is 50.7 Å². The van der Waals surface area contributed by atoms with Crippen LogP contribution in [0.25, 0.3) is 0 Å². The lowest BCUT2D eigenvalue weighted by Crippen LogP contribution is -2.17. The van der Waals surface area contributed by atoms with Crippen molar-refractivity contribution < 1.29 is 5.11 Å². The van der Waals surface area contributed by atoms with Crippen molar-refractivity contribution in [3.63, 3.8) is 0 Å². The Morgan fingerprint density at radius 1 is 1.33 bits per heavy atom. The van der Waals surface area contributed by atoms with E-state index in [2.05, 4.69) is 31.3 Å². The number of benzene rings is 1. The number of rotatable bonds is 4. The Morgan fingerprint density at radius 3 is 2.72 bits per heavy atom. The zero-order valence-corrected chi connectivity index (χ0v) is 12.0. The van der Waals surface area contributed by atoms with Gasteiger partial charge in [-0.05, 0) is 38.1 Å². The molecule has 0 aliphatic carbocycles. The molecule has 4 heteroatoms. The SMILES string of the molecule is Cc1ccc(C(C)NCc2c(O)cccc2Cl)s1. The van der Waals surface area contributed by atoms with Crippen LogP contribution in [0, 0.1) is 6.92 Å². The molecule has 18 heavy (non-hydrogen) atoms. The maximum absolute atomic E-state index is 9.76. The zero-order valence-electron chi connectivity index (χ0n) is 10.4. The molecule has 1 aromatic heterocycles. The number of phenols is 1. The molecule has 0 amide bonds. The van der Waals surface area contributed by atoms with Crippen molar-refractivity contribution in [1.82, 2.24) is 5.32 Å². The highest BCUT2D eigenvalue weighted by atomic mass is 35.5. The molecule has 2 nitrogen and oxygen atoms in total. The van der Waals surface area contributed by atoms with E-state index in [0.717, 1.165) is 5.56 Å². The van der Waals surface area contributed by atoms with Crippen LogP contribution in [0.15, 0.2) is 30.3 Å². The average Bonchev–Trinajstić information content (AvgIpc) is 2.75. The van der Waals surface area contributed by atoms with Gasteiger partial charge in [0.05, 0.1) is 0 Å². The molecule has 0 saturated heterocycles. The summed E-state index contributed by atoms with van der Waals surface area (Å²) in [5.74, 6) is 0.240. The Morgan fingerprint density at radius 2 is 2.11 bits per heavy atom. The largest absolute Gasteiger partial charge is 0.508 e. The molecule has 0 aliphatic heterocycles. The lowest BCUT2D eigenvalue weighted by molar-refractivity contribution is 0.461. The normalized spacial score (nSPS) is 12.6. The molecule has 1 aromatic carbocycles.